The third-order valence-corrected chi connectivity index (χ3v) is 4.83. The van der Waals surface area contributed by atoms with E-state index < -0.39 is 5.60 Å². The maximum Gasteiger partial charge on any atom is 0.410 e. The van der Waals surface area contributed by atoms with E-state index >= 15 is 0 Å². The zero-order valence-corrected chi connectivity index (χ0v) is 18.0. The highest BCUT2D eigenvalue weighted by Crippen LogP contribution is 2.26. The number of anilines is 1. The van der Waals surface area contributed by atoms with Crippen LogP contribution < -0.4 is 5.32 Å². The fourth-order valence-electron chi connectivity index (χ4n) is 3.21. The van der Waals surface area contributed by atoms with Crippen LogP contribution in [0.1, 0.15) is 68.7 Å². The molecular formula is C22H30N4O3. The maximum atomic E-state index is 12.6. The van der Waals surface area contributed by atoms with Gasteiger partial charge in [-0.05, 0) is 50.3 Å². The van der Waals surface area contributed by atoms with Gasteiger partial charge in [-0.25, -0.2) is 4.79 Å². The Bertz CT molecular complexity index is 902. The number of aromatic nitrogens is 2. The van der Waals surface area contributed by atoms with E-state index in [4.69, 9.17) is 4.74 Å². The Hall–Kier alpha value is -2.83. The summed E-state index contributed by atoms with van der Waals surface area (Å²) in [6.07, 6.45) is 0.256. The van der Waals surface area contributed by atoms with E-state index in [2.05, 4.69) is 36.3 Å². The molecule has 1 aromatic carbocycles. The number of hydrogen-bond acceptors (Lipinski definition) is 4. The Balaban J connectivity index is 1.67. The van der Waals surface area contributed by atoms with Crippen LogP contribution in [0.25, 0.3) is 0 Å². The molecule has 1 aliphatic rings. The predicted molar refractivity (Wildman–Crippen MR) is 112 cm³/mol. The number of hydrogen-bond donors (Lipinski definition) is 2. The van der Waals surface area contributed by atoms with Crippen LogP contribution in [0, 0.1) is 0 Å². The van der Waals surface area contributed by atoms with Gasteiger partial charge in [-0.2, -0.15) is 5.10 Å². The van der Waals surface area contributed by atoms with Crippen LogP contribution in [0.15, 0.2) is 24.3 Å². The molecule has 0 saturated carbocycles. The lowest BCUT2D eigenvalue weighted by Gasteiger charge is -2.29. The summed E-state index contributed by atoms with van der Waals surface area (Å²) in [6.45, 7) is 12.8. The minimum atomic E-state index is -0.535. The Morgan fingerprint density at radius 1 is 1.10 bits per heavy atom. The molecule has 2 amide bonds. The van der Waals surface area contributed by atoms with Gasteiger partial charge in [-0.1, -0.05) is 32.9 Å². The summed E-state index contributed by atoms with van der Waals surface area (Å²) in [6, 6.07) is 7.62. The molecule has 156 valence electrons. The Kier molecular flexibility index (Phi) is 5.43. The largest absolute Gasteiger partial charge is 0.444 e. The summed E-state index contributed by atoms with van der Waals surface area (Å²) < 4.78 is 5.44. The van der Waals surface area contributed by atoms with E-state index in [-0.39, 0.29) is 17.4 Å². The van der Waals surface area contributed by atoms with Crippen molar-refractivity contribution in [3.63, 3.8) is 0 Å². The van der Waals surface area contributed by atoms with E-state index in [1.54, 1.807) is 4.90 Å². The summed E-state index contributed by atoms with van der Waals surface area (Å²) >= 11 is 0. The van der Waals surface area contributed by atoms with E-state index in [0.29, 0.717) is 30.9 Å². The molecular weight excluding hydrogens is 368 g/mol. The summed E-state index contributed by atoms with van der Waals surface area (Å²) in [5, 5.41) is 10.1. The van der Waals surface area contributed by atoms with Crippen molar-refractivity contribution in [2.45, 2.75) is 65.5 Å². The van der Waals surface area contributed by atoms with Gasteiger partial charge in [-0.15, -0.1) is 0 Å². The molecule has 29 heavy (non-hydrogen) atoms. The fourth-order valence-corrected chi connectivity index (χ4v) is 3.21. The molecule has 2 aromatic rings. The first-order valence-corrected chi connectivity index (χ1v) is 9.90. The molecule has 2 N–H and O–H groups in total. The number of amides is 2. The molecule has 0 radical (unpaired) electrons. The fraction of sp³-hybridized carbons (Fsp3) is 0.500. The lowest BCUT2D eigenvalue weighted by molar-refractivity contribution is 0.0221. The average molecular weight is 399 g/mol. The molecule has 0 spiro atoms. The van der Waals surface area contributed by atoms with Crippen molar-refractivity contribution in [2.24, 2.45) is 0 Å². The number of rotatable bonds is 2. The molecule has 0 atom stereocenters. The van der Waals surface area contributed by atoms with Crippen LogP contribution >= 0.6 is 0 Å². The maximum absolute atomic E-state index is 12.6. The number of fused-ring (bicyclic) bond motifs is 1. The van der Waals surface area contributed by atoms with Gasteiger partial charge in [0.15, 0.2) is 5.82 Å². The zero-order valence-electron chi connectivity index (χ0n) is 18.0. The minimum Gasteiger partial charge on any atom is -0.444 e. The van der Waals surface area contributed by atoms with Gasteiger partial charge in [-0.3, -0.25) is 9.89 Å². The van der Waals surface area contributed by atoms with E-state index in [1.807, 2.05) is 45.0 Å². The molecule has 0 unspecified atom stereocenters. The van der Waals surface area contributed by atoms with Crippen LogP contribution in [0.5, 0.6) is 0 Å². The van der Waals surface area contributed by atoms with Crippen LogP contribution in [-0.4, -0.2) is 39.2 Å². The van der Waals surface area contributed by atoms with Crippen LogP contribution in [0.3, 0.4) is 0 Å². The number of carbonyl (C=O) groups excluding carboxylic acids is 2. The molecule has 0 bridgehead atoms. The smallest absolute Gasteiger partial charge is 0.410 e. The van der Waals surface area contributed by atoms with Crippen molar-refractivity contribution in [1.82, 2.24) is 15.1 Å². The van der Waals surface area contributed by atoms with Crippen molar-refractivity contribution < 1.29 is 14.3 Å². The Labute approximate surface area is 171 Å². The second-order valence-corrected chi connectivity index (χ2v) is 9.46. The van der Waals surface area contributed by atoms with Gasteiger partial charge in [0, 0.05) is 17.7 Å². The zero-order chi connectivity index (χ0) is 21.4. The quantitative estimate of drug-likeness (QED) is 0.791. The van der Waals surface area contributed by atoms with Gasteiger partial charge in [0.1, 0.15) is 5.60 Å². The van der Waals surface area contributed by atoms with Crippen LogP contribution in [0.2, 0.25) is 0 Å². The van der Waals surface area contributed by atoms with Crippen molar-refractivity contribution >= 4 is 17.8 Å². The third kappa shape index (κ3) is 4.96. The van der Waals surface area contributed by atoms with Gasteiger partial charge in [0.2, 0.25) is 0 Å². The number of benzene rings is 1. The Morgan fingerprint density at radius 3 is 2.34 bits per heavy atom. The monoisotopic (exact) mass is 398 g/mol. The predicted octanol–water partition coefficient (Wildman–Crippen LogP) is 4.25. The highest BCUT2D eigenvalue weighted by molar-refractivity contribution is 6.04. The lowest BCUT2D eigenvalue weighted by Crippen LogP contribution is -2.39. The second-order valence-electron chi connectivity index (χ2n) is 9.46. The molecule has 7 nitrogen and oxygen atoms in total. The van der Waals surface area contributed by atoms with Crippen molar-refractivity contribution in [3.05, 3.63) is 46.6 Å². The average Bonchev–Trinajstić information content (AvgIpc) is 3.02. The summed E-state index contributed by atoms with van der Waals surface area (Å²) in [5.41, 5.74) is 3.02. The first-order valence-electron chi connectivity index (χ1n) is 9.90. The molecule has 0 saturated heterocycles. The molecule has 3 rings (SSSR count). The van der Waals surface area contributed by atoms with Crippen molar-refractivity contribution in [2.75, 3.05) is 11.9 Å². The van der Waals surface area contributed by atoms with E-state index in [1.165, 1.54) is 5.56 Å². The molecule has 0 fully saturated rings. The summed E-state index contributed by atoms with van der Waals surface area (Å²) in [7, 11) is 0. The Morgan fingerprint density at radius 2 is 1.76 bits per heavy atom. The van der Waals surface area contributed by atoms with E-state index in [0.717, 1.165) is 11.3 Å². The van der Waals surface area contributed by atoms with Crippen LogP contribution in [-0.2, 0) is 23.1 Å². The topological polar surface area (TPSA) is 87.3 Å². The normalized spacial score (nSPS) is 14.3. The van der Waals surface area contributed by atoms with Crippen molar-refractivity contribution in [3.8, 4) is 0 Å². The first-order chi connectivity index (χ1) is 13.4. The van der Waals surface area contributed by atoms with Gasteiger partial charge in [0.25, 0.3) is 5.91 Å². The molecule has 7 heteroatoms. The lowest BCUT2D eigenvalue weighted by atomic mass is 9.87. The standard InChI is InChI=1S/C22H30N4O3/c1-21(2,3)15-9-7-14(8-10-15)19(27)23-18-16-11-12-26(13-17(16)24-25-18)20(28)29-22(4,5)6/h7-10H,11-13H2,1-6H3,(H2,23,24,25,27). The first kappa shape index (κ1) is 20.9. The van der Waals surface area contributed by atoms with Crippen molar-refractivity contribution in [1.29, 1.82) is 0 Å². The van der Waals surface area contributed by atoms with Gasteiger partial charge >= 0.3 is 6.09 Å². The summed E-state index contributed by atoms with van der Waals surface area (Å²) in [4.78, 5) is 26.6. The van der Waals surface area contributed by atoms with Gasteiger partial charge < -0.3 is 15.0 Å². The molecule has 1 aliphatic heterocycles. The number of H-pyrrole nitrogens is 1. The third-order valence-electron chi connectivity index (χ3n) is 4.83. The highest BCUT2D eigenvalue weighted by atomic mass is 16.6. The molecule has 0 aliphatic carbocycles. The number of nitrogens with one attached hydrogen (secondary N) is 2. The molecule has 1 aromatic heterocycles. The SMILES string of the molecule is CC(C)(C)OC(=O)N1CCc2c(NC(=O)c3ccc(C(C)(C)C)cc3)n[nH]c2C1. The summed E-state index contributed by atoms with van der Waals surface area (Å²) in [5.74, 6) is 0.322. The molecule has 2 heterocycles. The number of ether oxygens (including phenoxy) is 1. The minimum absolute atomic E-state index is 0.0380. The second kappa shape index (κ2) is 7.54. The number of aromatic amines is 1. The van der Waals surface area contributed by atoms with E-state index in [9.17, 15) is 9.59 Å². The van der Waals surface area contributed by atoms with Crippen LogP contribution in [0.4, 0.5) is 10.6 Å². The van der Waals surface area contributed by atoms with Gasteiger partial charge in [0.05, 0.1) is 12.2 Å². The number of carbonyl (C=O) groups is 2. The highest BCUT2D eigenvalue weighted by Gasteiger charge is 2.29. The number of nitrogens with zero attached hydrogens (tertiary/aromatic N) is 2.